The van der Waals surface area contributed by atoms with Gasteiger partial charge in [0, 0.05) is 16.6 Å². The first kappa shape index (κ1) is 16.9. The lowest BCUT2D eigenvalue weighted by Crippen LogP contribution is -2.20. The summed E-state index contributed by atoms with van der Waals surface area (Å²) in [5.74, 6) is -0.412. The van der Waals surface area contributed by atoms with Crippen molar-refractivity contribution in [2.75, 3.05) is 5.32 Å². The van der Waals surface area contributed by atoms with E-state index in [9.17, 15) is 18.0 Å². The number of benzene rings is 1. The smallest absolute Gasteiger partial charge is 0.406 e. The van der Waals surface area contributed by atoms with Crippen LogP contribution in [0.25, 0.3) is 11.4 Å². The molecule has 0 aliphatic heterocycles. The highest BCUT2D eigenvalue weighted by Crippen LogP contribution is 2.24. The van der Waals surface area contributed by atoms with Crippen molar-refractivity contribution >= 4 is 22.9 Å². The lowest BCUT2D eigenvalue weighted by atomic mass is 10.3. The molecule has 3 rings (SSSR count). The number of anilines is 1. The van der Waals surface area contributed by atoms with Gasteiger partial charge in [-0.2, -0.15) is 16.1 Å². The molecule has 0 saturated carbocycles. The summed E-state index contributed by atoms with van der Waals surface area (Å²) in [5.41, 5.74) is 1.12. The summed E-state index contributed by atoms with van der Waals surface area (Å²) >= 11 is 1.49. The second kappa shape index (κ2) is 6.89. The highest BCUT2D eigenvalue weighted by atomic mass is 32.1. The molecule has 2 heterocycles. The molecular weight excluding hydrogens is 359 g/mol. The number of thiophene rings is 1. The molecule has 130 valence electrons. The van der Waals surface area contributed by atoms with Crippen LogP contribution in [0.15, 0.2) is 41.1 Å². The number of carbonyl (C=O) groups is 1. The number of aromatic nitrogens is 4. The molecule has 0 aliphatic rings. The number of amides is 1. The topological polar surface area (TPSA) is 81.9 Å². The Labute approximate surface area is 143 Å². The maximum atomic E-state index is 12.1. The molecule has 7 nitrogen and oxygen atoms in total. The van der Waals surface area contributed by atoms with E-state index in [0.29, 0.717) is 11.5 Å². The average molecular weight is 369 g/mol. The Morgan fingerprint density at radius 2 is 2.00 bits per heavy atom. The molecule has 0 spiro atoms. The van der Waals surface area contributed by atoms with Crippen LogP contribution < -0.4 is 10.1 Å². The summed E-state index contributed by atoms with van der Waals surface area (Å²) in [6, 6.07) is 6.63. The maximum absolute atomic E-state index is 12.1. The Kier molecular flexibility index (Phi) is 4.65. The predicted octanol–water partition coefficient (Wildman–Crippen LogP) is 2.94. The van der Waals surface area contributed by atoms with Gasteiger partial charge in [-0.3, -0.25) is 4.79 Å². The van der Waals surface area contributed by atoms with Gasteiger partial charge in [0.25, 0.3) is 0 Å². The van der Waals surface area contributed by atoms with Crippen molar-refractivity contribution in [1.29, 1.82) is 0 Å². The Morgan fingerprint density at radius 1 is 1.24 bits per heavy atom. The number of nitrogens with one attached hydrogen (secondary N) is 1. The Morgan fingerprint density at radius 3 is 2.64 bits per heavy atom. The molecule has 0 fully saturated rings. The third kappa shape index (κ3) is 4.76. The number of hydrogen-bond acceptors (Lipinski definition) is 6. The van der Waals surface area contributed by atoms with Crippen molar-refractivity contribution in [2.45, 2.75) is 12.9 Å². The number of nitrogens with zero attached hydrogens (tertiary/aromatic N) is 4. The maximum Gasteiger partial charge on any atom is 0.573 e. The minimum Gasteiger partial charge on any atom is -0.406 e. The minimum absolute atomic E-state index is 0.183. The zero-order valence-electron chi connectivity index (χ0n) is 12.4. The molecule has 0 atom stereocenters. The van der Waals surface area contributed by atoms with E-state index in [0.717, 1.165) is 22.5 Å². The largest absolute Gasteiger partial charge is 0.573 e. The highest BCUT2D eigenvalue weighted by Gasteiger charge is 2.30. The van der Waals surface area contributed by atoms with Gasteiger partial charge in [0.05, 0.1) is 0 Å². The van der Waals surface area contributed by atoms with Gasteiger partial charge in [0.1, 0.15) is 12.3 Å². The average Bonchev–Trinajstić information content (AvgIpc) is 3.18. The molecule has 0 aliphatic carbocycles. The number of carbonyl (C=O) groups excluding carboxylic acids is 1. The van der Waals surface area contributed by atoms with Crippen molar-refractivity contribution in [3.63, 3.8) is 0 Å². The second-order valence-electron chi connectivity index (χ2n) is 4.78. The van der Waals surface area contributed by atoms with Crippen LogP contribution in [0.4, 0.5) is 18.9 Å². The summed E-state index contributed by atoms with van der Waals surface area (Å²) < 4.78 is 40.0. The van der Waals surface area contributed by atoms with E-state index >= 15 is 0 Å². The van der Waals surface area contributed by atoms with Crippen molar-refractivity contribution < 1.29 is 22.7 Å². The molecule has 0 bridgehead atoms. The van der Waals surface area contributed by atoms with Crippen molar-refractivity contribution in [1.82, 2.24) is 20.2 Å². The molecule has 0 saturated heterocycles. The van der Waals surface area contributed by atoms with Gasteiger partial charge in [0.15, 0.2) is 0 Å². The molecule has 25 heavy (non-hydrogen) atoms. The number of alkyl halides is 3. The van der Waals surface area contributed by atoms with Gasteiger partial charge in [-0.05, 0) is 40.9 Å². The van der Waals surface area contributed by atoms with E-state index in [-0.39, 0.29) is 12.3 Å². The third-order valence-corrected chi connectivity index (χ3v) is 3.57. The van der Waals surface area contributed by atoms with E-state index in [4.69, 9.17) is 0 Å². The van der Waals surface area contributed by atoms with Crippen LogP contribution in [0.3, 0.4) is 0 Å². The first-order chi connectivity index (χ1) is 11.9. The Balaban J connectivity index is 1.57. The van der Waals surface area contributed by atoms with E-state index in [1.54, 1.807) is 0 Å². The molecule has 0 unspecified atom stereocenters. The molecule has 1 amide bonds. The van der Waals surface area contributed by atoms with Crippen molar-refractivity contribution in [3.05, 3.63) is 41.1 Å². The van der Waals surface area contributed by atoms with Gasteiger partial charge in [-0.15, -0.1) is 23.4 Å². The van der Waals surface area contributed by atoms with Crippen molar-refractivity contribution in [2.24, 2.45) is 0 Å². The summed E-state index contributed by atoms with van der Waals surface area (Å²) in [6.07, 6.45) is -4.76. The van der Waals surface area contributed by atoms with Gasteiger partial charge >= 0.3 is 6.36 Å². The van der Waals surface area contributed by atoms with Gasteiger partial charge in [-0.1, -0.05) is 0 Å². The molecule has 1 aromatic carbocycles. The molecule has 11 heteroatoms. The fraction of sp³-hybridized carbons (Fsp3) is 0.143. The van der Waals surface area contributed by atoms with Crippen LogP contribution in [0.5, 0.6) is 5.75 Å². The van der Waals surface area contributed by atoms with Crippen LogP contribution in [-0.4, -0.2) is 32.5 Å². The van der Waals surface area contributed by atoms with Crippen LogP contribution in [0.1, 0.15) is 0 Å². The molecule has 3 aromatic rings. The summed E-state index contributed by atoms with van der Waals surface area (Å²) in [4.78, 5) is 13.1. The van der Waals surface area contributed by atoms with Gasteiger partial charge in [-0.25, -0.2) is 0 Å². The quantitative estimate of drug-likeness (QED) is 0.748. The van der Waals surface area contributed by atoms with Crippen molar-refractivity contribution in [3.8, 4) is 17.1 Å². The first-order valence-electron chi connectivity index (χ1n) is 6.85. The van der Waals surface area contributed by atoms with E-state index in [1.165, 1.54) is 23.5 Å². The molecule has 1 N–H and O–H groups in total. The lowest BCUT2D eigenvalue weighted by molar-refractivity contribution is -0.274. The Bertz CT molecular complexity index is 846. The molecule has 0 radical (unpaired) electrons. The molecule has 2 aromatic heterocycles. The predicted molar refractivity (Wildman–Crippen MR) is 82.9 cm³/mol. The monoisotopic (exact) mass is 369 g/mol. The van der Waals surface area contributed by atoms with Crippen LogP contribution in [0.2, 0.25) is 0 Å². The normalized spacial score (nSPS) is 11.3. The second-order valence-corrected chi connectivity index (χ2v) is 5.56. The Hall–Kier alpha value is -2.95. The number of hydrogen-bond donors (Lipinski definition) is 1. The van der Waals surface area contributed by atoms with Crippen LogP contribution >= 0.6 is 11.3 Å². The lowest BCUT2D eigenvalue weighted by Gasteiger charge is -2.09. The number of ether oxygens (including phenoxy) is 1. The number of halogens is 3. The van der Waals surface area contributed by atoms with E-state index < -0.39 is 12.3 Å². The van der Waals surface area contributed by atoms with Gasteiger partial charge < -0.3 is 10.1 Å². The van der Waals surface area contributed by atoms with E-state index in [2.05, 4.69) is 25.5 Å². The fourth-order valence-corrected chi connectivity index (χ4v) is 2.52. The SMILES string of the molecule is O=C(Cn1nnc(-c2ccsc2)n1)Nc1ccc(OC(F)(F)F)cc1. The van der Waals surface area contributed by atoms with E-state index in [1.807, 2.05) is 16.8 Å². The zero-order chi connectivity index (χ0) is 17.9. The summed E-state index contributed by atoms with van der Waals surface area (Å²) in [5, 5.41) is 18.0. The molecular formula is C14H10F3N5O2S. The minimum atomic E-state index is -4.76. The van der Waals surface area contributed by atoms with Crippen LogP contribution in [-0.2, 0) is 11.3 Å². The number of rotatable bonds is 5. The standard InChI is InChI=1S/C14H10F3N5O2S/c15-14(16,17)24-11-3-1-10(2-4-11)18-12(23)7-22-20-13(19-21-22)9-5-6-25-8-9/h1-6,8H,7H2,(H,18,23). The zero-order valence-corrected chi connectivity index (χ0v) is 13.2. The van der Waals surface area contributed by atoms with Gasteiger partial charge in [0.2, 0.25) is 11.7 Å². The highest BCUT2D eigenvalue weighted by molar-refractivity contribution is 7.08. The fourth-order valence-electron chi connectivity index (χ4n) is 1.89. The van der Waals surface area contributed by atoms with Crippen LogP contribution in [0, 0.1) is 0 Å². The summed E-state index contributed by atoms with van der Waals surface area (Å²) in [6.45, 7) is -0.183. The third-order valence-electron chi connectivity index (χ3n) is 2.89. The summed E-state index contributed by atoms with van der Waals surface area (Å²) in [7, 11) is 0. The first-order valence-corrected chi connectivity index (χ1v) is 7.79. The number of tetrazole rings is 1.